The van der Waals surface area contributed by atoms with Gasteiger partial charge in [0.25, 0.3) is 0 Å². The van der Waals surface area contributed by atoms with Crippen molar-refractivity contribution in [2.75, 3.05) is 13.2 Å². The molecule has 6 nitrogen and oxygen atoms in total. The van der Waals surface area contributed by atoms with Crippen molar-refractivity contribution in [1.82, 2.24) is 14.1 Å². The number of sulfonamides is 1. The van der Waals surface area contributed by atoms with Crippen LogP contribution in [0.15, 0.2) is 30.6 Å². The van der Waals surface area contributed by atoms with Crippen molar-refractivity contribution in [3.05, 3.63) is 36.3 Å². The quantitative estimate of drug-likeness (QED) is 0.902. The largest absolute Gasteiger partial charge is 0.378 e. The second-order valence-electron chi connectivity index (χ2n) is 5.72. The topological polar surface area (TPSA) is 72.7 Å². The standard InChI is InChI=1S/C15H21N3O3S/c1-12-10-14(6-9-21-12)22(19,20)16-7-5-13-11-18-8-3-2-4-15(18)17-13/h2-4,8,11-12,14,16H,5-7,9-10H2,1H3/t12-,14-/m1/s1. The maximum absolute atomic E-state index is 12.3. The van der Waals surface area contributed by atoms with Crippen molar-refractivity contribution in [2.24, 2.45) is 0 Å². The lowest BCUT2D eigenvalue weighted by Crippen LogP contribution is -2.40. The summed E-state index contributed by atoms with van der Waals surface area (Å²) in [5, 5.41) is -0.350. The summed E-state index contributed by atoms with van der Waals surface area (Å²) in [6.45, 7) is 2.80. The van der Waals surface area contributed by atoms with E-state index in [9.17, 15) is 8.42 Å². The van der Waals surface area contributed by atoms with Crippen LogP contribution < -0.4 is 4.72 Å². The summed E-state index contributed by atoms with van der Waals surface area (Å²) in [4.78, 5) is 4.47. The maximum Gasteiger partial charge on any atom is 0.214 e. The molecule has 2 aromatic heterocycles. The number of ether oxygens (including phenoxy) is 1. The molecule has 0 aliphatic carbocycles. The van der Waals surface area contributed by atoms with Gasteiger partial charge in [-0.1, -0.05) is 6.07 Å². The number of imidazole rings is 1. The Hall–Kier alpha value is -1.44. The lowest BCUT2D eigenvalue weighted by Gasteiger charge is -2.27. The zero-order valence-electron chi connectivity index (χ0n) is 12.6. The zero-order chi connectivity index (χ0) is 15.6. The monoisotopic (exact) mass is 323 g/mol. The van der Waals surface area contributed by atoms with Crippen molar-refractivity contribution >= 4 is 15.7 Å². The van der Waals surface area contributed by atoms with Gasteiger partial charge in [0.15, 0.2) is 0 Å². The molecule has 0 radical (unpaired) electrons. The first-order valence-corrected chi connectivity index (χ1v) is 9.12. The number of hydrogen-bond donors (Lipinski definition) is 1. The van der Waals surface area contributed by atoms with Crippen LogP contribution in [0.25, 0.3) is 5.65 Å². The van der Waals surface area contributed by atoms with E-state index < -0.39 is 10.0 Å². The fraction of sp³-hybridized carbons (Fsp3) is 0.533. The smallest absolute Gasteiger partial charge is 0.214 e. The summed E-state index contributed by atoms with van der Waals surface area (Å²) in [7, 11) is -3.28. The molecule has 22 heavy (non-hydrogen) atoms. The average Bonchev–Trinajstić information content (AvgIpc) is 2.89. The molecule has 0 aromatic carbocycles. The van der Waals surface area contributed by atoms with Crippen LogP contribution in [-0.4, -0.2) is 42.3 Å². The van der Waals surface area contributed by atoms with Crippen molar-refractivity contribution < 1.29 is 13.2 Å². The summed E-state index contributed by atoms with van der Waals surface area (Å²) in [5.74, 6) is 0. The van der Waals surface area contributed by atoms with E-state index in [0.29, 0.717) is 32.4 Å². The molecule has 0 unspecified atom stereocenters. The van der Waals surface area contributed by atoms with Gasteiger partial charge in [-0.3, -0.25) is 0 Å². The minimum Gasteiger partial charge on any atom is -0.378 e. The van der Waals surface area contributed by atoms with Crippen LogP contribution in [-0.2, 0) is 21.2 Å². The molecule has 3 rings (SSSR count). The van der Waals surface area contributed by atoms with E-state index in [1.165, 1.54) is 0 Å². The fourth-order valence-electron chi connectivity index (χ4n) is 2.79. The molecule has 3 heterocycles. The second kappa shape index (κ2) is 6.36. The van der Waals surface area contributed by atoms with Crippen molar-refractivity contribution in [3.8, 4) is 0 Å². The molecule has 120 valence electrons. The Labute approximate surface area is 130 Å². The molecule has 1 fully saturated rings. The number of rotatable bonds is 5. The second-order valence-corrected chi connectivity index (χ2v) is 7.76. The van der Waals surface area contributed by atoms with Crippen LogP contribution in [0, 0.1) is 0 Å². The Morgan fingerprint density at radius 1 is 1.45 bits per heavy atom. The Balaban J connectivity index is 1.57. The first-order valence-electron chi connectivity index (χ1n) is 7.57. The predicted octanol–water partition coefficient (Wildman–Crippen LogP) is 1.36. The third-order valence-electron chi connectivity index (χ3n) is 3.97. The highest BCUT2D eigenvalue weighted by molar-refractivity contribution is 7.90. The van der Waals surface area contributed by atoms with Gasteiger partial charge >= 0.3 is 0 Å². The maximum atomic E-state index is 12.3. The van der Waals surface area contributed by atoms with E-state index in [0.717, 1.165) is 11.3 Å². The molecule has 0 bridgehead atoms. The Bertz CT molecular complexity index is 708. The fourth-order valence-corrected chi connectivity index (χ4v) is 4.34. The van der Waals surface area contributed by atoms with Crippen LogP contribution in [0.5, 0.6) is 0 Å². The van der Waals surface area contributed by atoms with Gasteiger partial charge in [0.1, 0.15) is 5.65 Å². The Morgan fingerprint density at radius 2 is 2.32 bits per heavy atom. The summed E-state index contributed by atoms with van der Waals surface area (Å²) >= 11 is 0. The van der Waals surface area contributed by atoms with E-state index in [1.807, 2.05) is 41.9 Å². The molecular weight excluding hydrogens is 302 g/mol. The van der Waals surface area contributed by atoms with E-state index in [1.54, 1.807) is 0 Å². The normalized spacial score (nSPS) is 23.0. The highest BCUT2D eigenvalue weighted by atomic mass is 32.2. The number of nitrogens with one attached hydrogen (secondary N) is 1. The van der Waals surface area contributed by atoms with E-state index in [-0.39, 0.29) is 11.4 Å². The number of pyridine rings is 1. The third-order valence-corrected chi connectivity index (χ3v) is 5.89. The highest BCUT2D eigenvalue weighted by Crippen LogP contribution is 2.19. The summed E-state index contributed by atoms with van der Waals surface area (Å²) in [5.41, 5.74) is 1.76. The van der Waals surface area contributed by atoms with Crippen molar-refractivity contribution in [3.63, 3.8) is 0 Å². The Kier molecular flexibility index (Phi) is 4.46. The number of hydrogen-bond acceptors (Lipinski definition) is 4. The molecule has 2 atom stereocenters. The summed E-state index contributed by atoms with van der Waals surface area (Å²) in [6, 6.07) is 5.80. The minimum atomic E-state index is -3.28. The lowest BCUT2D eigenvalue weighted by molar-refractivity contribution is 0.0299. The van der Waals surface area contributed by atoms with Gasteiger partial charge in [-0.25, -0.2) is 18.1 Å². The molecule has 1 saturated heterocycles. The zero-order valence-corrected chi connectivity index (χ0v) is 13.4. The summed E-state index contributed by atoms with van der Waals surface area (Å²) in [6.07, 6.45) is 5.57. The van der Waals surface area contributed by atoms with Gasteiger partial charge in [-0.15, -0.1) is 0 Å². The molecule has 0 saturated carbocycles. The molecule has 0 spiro atoms. The minimum absolute atomic E-state index is 0.00812. The predicted molar refractivity (Wildman–Crippen MR) is 84.3 cm³/mol. The van der Waals surface area contributed by atoms with Gasteiger partial charge in [0, 0.05) is 32.0 Å². The SMILES string of the molecule is C[C@@H]1C[C@H](S(=O)(=O)NCCc2cn3ccccc3n2)CCO1. The van der Waals surface area contributed by atoms with Crippen molar-refractivity contribution in [1.29, 1.82) is 0 Å². The Morgan fingerprint density at radius 3 is 3.09 bits per heavy atom. The summed E-state index contributed by atoms with van der Waals surface area (Å²) < 4.78 is 34.7. The van der Waals surface area contributed by atoms with Gasteiger partial charge in [0.2, 0.25) is 10.0 Å². The van der Waals surface area contributed by atoms with Gasteiger partial charge in [-0.2, -0.15) is 0 Å². The van der Waals surface area contributed by atoms with Crippen LogP contribution >= 0.6 is 0 Å². The van der Waals surface area contributed by atoms with Crippen molar-refractivity contribution in [2.45, 2.75) is 37.5 Å². The van der Waals surface area contributed by atoms with Crippen LogP contribution in [0.1, 0.15) is 25.5 Å². The first-order chi connectivity index (χ1) is 10.5. The van der Waals surface area contributed by atoms with E-state index in [4.69, 9.17) is 4.74 Å². The van der Waals surface area contributed by atoms with E-state index in [2.05, 4.69) is 9.71 Å². The van der Waals surface area contributed by atoms with Crippen LogP contribution in [0.2, 0.25) is 0 Å². The van der Waals surface area contributed by atoms with Gasteiger partial charge in [-0.05, 0) is 31.9 Å². The van der Waals surface area contributed by atoms with Crippen LogP contribution in [0.3, 0.4) is 0 Å². The number of aromatic nitrogens is 2. The number of fused-ring (bicyclic) bond motifs is 1. The lowest BCUT2D eigenvalue weighted by atomic mass is 10.1. The third kappa shape index (κ3) is 3.48. The molecule has 1 N–H and O–H groups in total. The van der Waals surface area contributed by atoms with Gasteiger partial charge < -0.3 is 9.14 Å². The molecule has 1 aliphatic heterocycles. The first kappa shape index (κ1) is 15.5. The molecule has 7 heteroatoms. The molecule has 2 aromatic rings. The molecule has 1 aliphatic rings. The molecule has 0 amide bonds. The van der Waals surface area contributed by atoms with Gasteiger partial charge in [0.05, 0.1) is 17.0 Å². The van der Waals surface area contributed by atoms with Crippen LogP contribution in [0.4, 0.5) is 0 Å². The average molecular weight is 323 g/mol. The number of nitrogens with zero attached hydrogens (tertiary/aromatic N) is 2. The molecular formula is C15H21N3O3S. The highest BCUT2D eigenvalue weighted by Gasteiger charge is 2.30. The van der Waals surface area contributed by atoms with E-state index >= 15 is 0 Å².